The first-order valence-corrected chi connectivity index (χ1v) is 10.2. The quantitative estimate of drug-likeness (QED) is 0.789. The second-order valence-corrected chi connectivity index (χ2v) is 8.63. The zero-order valence-corrected chi connectivity index (χ0v) is 16.2. The van der Waals surface area contributed by atoms with Gasteiger partial charge in [0.05, 0.1) is 5.75 Å². The minimum atomic E-state index is -3.12. The predicted octanol–water partition coefficient (Wildman–Crippen LogP) is 2.18. The lowest BCUT2D eigenvalue weighted by Gasteiger charge is -2.19. The number of amides is 2. The Morgan fingerprint density at radius 1 is 1.38 bits per heavy atom. The summed E-state index contributed by atoms with van der Waals surface area (Å²) in [6.45, 7) is 5.40. The van der Waals surface area contributed by atoms with Crippen molar-refractivity contribution in [2.75, 3.05) is 25.1 Å². The van der Waals surface area contributed by atoms with Crippen LogP contribution in [0, 0.1) is 6.92 Å². The summed E-state index contributed by atoms with van der Waals surface area (Å²) in [6, 6.07) is 6.80. The summed E-state index contributed by atoms with van der Waals surface area (Å²) in [7, 11) is -1.58. The molecule has 0 saturated carbocycles. The van der Waals surface area contributed by atoms with E-state index in [9.17, 15) is 13.2 Å². The zero-order chi connectivity index (χ0) is 19.3. The van der Waals surface area contributed by atoms with Gasteiger partial charge in [-0.25, -0.2) is 13.2 Å². The number of nitrogens with zero attached hydrogens (tertiary/aromatic N) is 3. The molecule has 1 unspecified atom stereocenters. The van der Waals surface area contributed by atoms with Crippen LogP contribution in [-0.4, -0.2) is 54.6 Å². The first-order valence-electron chi connectivity index (χ1n) is 8.34. The van der Waals surface area contributed by atoms with Gasteiger partial charge in [0.1, 0.15) is 6.04 Å². The zero-order valence-electron chi connectivity index (χ0n) is 15.4. The predicted molar refractivity (Wildman–Crippen MR) is 98.4 cm³/mol. The van der Waals surface area contributed by atoms with Gasteiger partial charge in [-0.1, -0.05) is 35.8 Å². The summed E-state index contributed by atoms with van der Waals surface area (Å²) in [4.78, 5) is 17.8. The van der Waals surface area contributed by atoms with E-state index in [0.717, 1.165) is 11.1 Å². The number of aryl methyl sites for hydroxylation is 1. The maximum atomic E-state index is 12.2. The van der Waals surface area contributed by atoms with E-state index in [4.69, 9.17) is 4.52 Å². The molecule has 9 heteroatoms. The minimum absolute atomic E-state index is 0.0581. The molecule has 1 aromatic carbocycles. The van der Waals surface area contributed by atoms with Gasteiger partial charge in [-0.05, 0) is 19.9 Å². The average Bonchev–Trinajstić information content (AvgIpc) is 3.10. The highest BCUT2D eigenvalue weighted by Crippen LogP contribution is 2.19. The number of carbonyl (C=O) groups is 1. The van der Waals surface area contributed by atoms with Gasteiger partial charge in [0, 0.05) is 24.9 Å². The van der Waals surface area contributed by atoms with Crippen molar-refractivity contribution in [3.05, 3.63) is 35.7 Å². The minimum Gasteiger partial charge on any atom is -0.337 e. The fourth-order valence-electron chi connectivity index (χ4n) is 2.19. The molecule has 0 aliphatic carbocycles. The molecular weight excluding hydrogens is 356 g/mol. The molecule has 1 atom stereocenters. The van der Waals surface area contributed by atoms with E-state index in [1.54, 1.807) is 20.9 Å². The van der Waals surface area contributed by atoms with Gasteiger partial charge in [0.25, 0.3) is 0 Å². The summed E-state index contributed by atoms with van der Waals surface area (Å²) < 4.78 is 28.3. The maximum absolute atomic E-state index is 12.2. The number of sulfone groups is 1. The molecule has 8 nitrogen and oxygen atoms in total. The third kappa shape index (κ3) is 5.29. The van der Waals surface area contributed by atoms with Gasteiger partial charge < -0.3 is 14.7 Å². The summed E-state index contributed by atoms with van der Waals surface area (Å²) in [5.41, 5.74) is 1.92. The fourth-order valence-corrected chi connectivity index (χ4v) is 3.03. The van der Waals surface area contributed by atoms with Crippen LogP contribution in [0.1, 0.15) is 31.3 Å². The number of hydrogen-bond donors (Lipinski definition) is 1. The molecule has 1 aromatic heterocycles. The molecule has 0 radical (unpaired) electrons. The lowest BCUT2D eigenvalue weighted by Crippen LogP contribution is -2.40. The molecule has 0 saturated heterocycles. The highest BCUT2D eigenvalue weighted by atomic mass is 32.2. The molecule has 1 heterocycles. The molecule has 0 bridgehead atoms. The number of carbonyl (C=O) groups excluding carboxylic acids is 1. The van der Waals surface area contributed by atoms with Crippen LogP contribution in [0.5, 0.6) is 0 Å². The Morgan fingerprint density at radius 3 is 2.77 bits per heavy atom. The van der Waals surface area contributed by atoms with E-state index in [2.05, 4.69) is 15.5 Å². The van der Waals surface area contributed by atoms with Crippen LogP contribution in [0.25, 0.3) is 11.4 Å². The van der Waals surface area contributed by atoms with Crippen LogP contribution in [0.2, 0.25) is 0 Å². The van der Waals surface area contributed by atoms with Crippen molar-refractivity contribution in [2.24, 2.45) is 0 Å². The number of aromatic nitrogens is 2. The van der Waals surface area contributed by atoms with Crippen LogP contribution in [-0.2, 0) is 9.84 Å². The van der Waals surface area contributed by atoms with Gasteiger partial charge in [0.2, 0.25) is 11.7 Å². The maximum Gasteiger partial charge on any atom is 0.317 e. The normalized spacial score (nSPS) is 12.6. The van der Waals surface area contributed by atoms with Crippen molar-refractivity contribution in [1.29, 1.82) is 0 Å². The molecule has 1 N–H and O–H groups in total. The van der Waals surface area contributed by atoms with Crippen molar-refractivity contribution in [1.82, 2.24) is 20.4 Å². The lowest BCUT2D eigenvalue weighted by molar-refractivity contribution is 0.204. The lowest BCUT2D eigenvalue weighted by atomic mass is 10.1. The van der Waals surface area contributed by atoms with Crippen molar-refractivity contribution in [2.45, 2.75) is 26.8 Å². The highest BCUT2D eigenvalue weighted by molar-refractivity contribution is 7.91. The van der Waals surface area contributed by atoms with Gasteiger partial charge in [-0.3, -0.25) is 0 Å². The summed E-state index contributed by atoms with van der Waals surface area (Å²) in [5.74, 6) is 0.722. The molecule has 26 heavy (non-hydrogen) atoms. The van der Waals surface area contributed by atoms with E-state index in [-0.39, 0.29) is 23.9 Å². The molecule has 0 fully saturated rings. The topological polar surface area (TPSA) is 105 Å². The van der Waals surface area contributed by atoms with Crippen LogP contribution in [0.3, 0.4) is 0 Å². The van der Waals surface area contributed by atoms with Crippen molar-refractivity contribution in [3.63, 3.8) is 0 Å². The van der Waals surface area contributed by atoms with Crippen molar-refractivity contribution >= 4 is 15.9 Å². The van der Waals surface area contributed by atoms with E-state index in [1.165, 1.54) is 4.90 Å². The first kappa shape index (κ1) is 19.9. The smallest absolute Gasteiger partial charge is 0.317 e. The van der Waals surface area contributed by atoms with Gasteiger partial charge >= 0.3 is 6.03 Å². The van der Waals surface area contributed by atoms with Gasteiger partial charge in [0.15, 0.2) is 9.84 Å². The highest BCUT2D eigenvalue weighted by Gasteiger charge is 2.20. The SMILES string of the molecule is CCS(=O)(=O)CCN(C)C(=O)NC(C)c1nc(-c2cccc(C)c2)no1. The van der Waals surface area contributed by atoms with Gasteiger partial charge in [-0.15, -0.1) is 0 Å². The monoisotopic (exact) mass is 380 g/mol. The van der Waals surface area contributed by atoms with Crippen LogP contribution in [0.15, 0.2) is 28.8 Å². The van der Waals surface area contributed by atoms with E-state index in [1.807, 2.05) is 31.2 Å². The van der Waals surface area contributed by atoms with Crippen molar-refractivity contribution < 1.29 is 17.7 Å². The Bertz CT molecular complexity index is 863. The van der Waals surface area contributed by atoms with Gasteiger partial charge in [-0.2, -0.15) is 4.98 Å². The Morgan fingerprint density at radius 2 is 2.12 bits per heavy atom. The summed E-state index contributed by atoms with van der Waals surface area (Å²) in [5, 5.41) is 6.67. The molecular formula is C17H24N4O4S. The number of rotatable bonds is 7. The van der Waals surface area contributed by atoms with E-state index in [0.29, 0.717) is 5.82 Å². The van der Waals surface area contributed by atoms with E-state index >= 15 is 0 Å². The fraction of sp³-hybridized carbons (Fsp3) is 0.471. The Balaban J connectivity index is 1.97. The second-order valence-electron chi connectivity index (χ2n) is 6.15. The molecule has 2 aromatic rings. The number of urea groups is 1. The Kier molecular flexibility index (Phi) is 6.36. The van der Waals surface area contributed by atoms with Crippen LogP contribution in [0.4, 0.5) is 4.79 Å². The molecule has 0 spiro atoms. The third-order valence-corrected chi connectivity index (χ3v) is 5.64. The van der Waals surface area contributed by atoms with Crippen LogP contribution >= 0.6 is 0 Å². The number of hydrogen-bond acceptors (Lipinski definition) is 6. The summed E-state index contributed by atoms with van der Waals surface area (Å²) >= 11 is 0. The molecule has 2 rings (SSSR count). The Labute approximate surface area is 153 Å². The first-order chi connectivity index (χ1) is 12.2. The average molecular weight is 380 g/mol. The molecule has 2 amide bonds. The standard InChI is InChI=1S/C17H24N4O4S/c1-5-26(23,24)10-9-21(4)17(22)18-13(3)16-19-15(20-25-16)14-8-6-7-12(2)11-14/h6-8,11,13H,5,9-10H2,1-4H3,(H,18,22). The van der Waals surface area contributed by atoms with Crippen LogP contribution < -0.4 is 5.32 Å². The molecule has 142 valence electrons. The summed E-state index contributed by atoms with van der Waals surface area (Å²) in [6.07, 6.45) is 0. The molecule has 0 aliphatic heterocycles. The third-order valence-electron chi connectivity index (χ3n) is 3.95. The second kappa shape index (κ2) is 8.31. The number of benzene rings is 1. The van der Waals surface area contributed by atoms with Crippen molar-refractivity contribution in [3.8, 4) is 11.4 Å². The molecule has 0 aliphatic rings. The Hall–Kier alpha value is -2.42. The van der Waals surface area contributed by atoms with E-state index < -0.39 is 21.9 Å². The largest absolute Gasteiger partial charge is 0.337 e. The number of nitrogens with one attached hydrogen (secondary N) is 1.